The third-order valence-electron chi connectivity index (χ3n) is 6.35. The summed E-state index contributed by atoms with van der Waals surface area (Å²) in [6.45, 7) is 5.75. The van der Waals surface area contributed by atoms with Gasteiger partial charge < -0.3 is 30.2 Å². The Balaban J connectivity index is 1.66. The zero-order valence-corrected chi connectivity index (χ0v) is 23.4. The molecular formula is C31H35BN2O7. The quantitative estimate of drug-likeness (QED) is 0.152. The molecule has 3 aromatic rings. The minimum absolute atomic E-state index is 0.0772. The van der Waals surface area contributed by atoms with Crippen molar-refractivity contribution >= 4 is 36.2 Å². The molecule has 0 aliphatic carbocycles. The number of anilines is 1. The summed E-state index contributed by atoms with van der Waals surface area (Å²) in [4.78, 5) is 37.4. The molecule has 9 nitrogen and oxygen atoms in total. The molecule has 2 amide bonds. The summed E-state index contributed by atoms with van der Waals surface area (Å²) in [7, 11) is -1.54. The molecule has 0 aliphatic heterocycles. The fourth-order valence-corrected chi connectivity index (χ4v) is 4.34. The Bertz CT molecular complexity index is 1350. The average Bonchev–Trinajstić information content (AvgIpc) is 2.93. The molecule has 4 N–H and O–H groups in total. The maximum atomic E-state index is 12.6. The third kappa shape index (κ3) is 9.93. The Labute approximate surface area is 240 Å². The molecule has 0 saturated carbocycles. The zero-order chi connectivity index (χ0) is 29.8. The van der Waals surface area contributed by atoms with Crippen molar-refractivity contribution in [2.24, 2.45) is 0 Å². The van der Waals surface area contributed by atoms with E-state index in [4.69, 9.17) is 9.47 Å². The molecule has 10 heteroatoms. The van der Waals surface area contributed by atoms with Gasteiger partial charge in [0, 0.05) is 5.69 Å². The number of hydrogen-bond donors (Lipinski definition) is 4. The van der Waals surface area contributed by atoms with E-state index in [9.17, 15) is 24.4 Å². The number of rotatable bonds is 12. The van der Waals surface area contributed by atoms with Gasteiger partial charge in [0.25, 0.3) is 0 Å². The summed E-state index contributed by atoms with van der Waals surface area (Å²) in [5.41, 5.74) is 5.11. The second-order valence-corrected chi connectivity index (χ2v) is 9.50. The van der Waals surface area contributed by atoms with Crippen LogP contribution in [0, 0.1) is 13.8 Å². The molecule has 0 unspecified atom stereocenters. The van der Waals surface area contributed by atoms with Gasteiger partial charge in [-0.1, -0.05) is 60.7 Å². The van der Waals surface area contributed by atoms with Gasteiger partial charge in [-0.15, -0.1) is 0 Å². The lowest BCUT2D eigenvalue weighted by Crippen LogP contribution is -2.31. The summed E-state index contributed by atoms with van der Waals surface area (Å²) in [5.74, 6) is -0.831. The summed E-state index contributed by atoms with van der Waals surface area (Å²) < 4.78 is 10.4. The van der Waals surface area contributed by atoms with E-state index in [1.165, 1.54) is 6.08 Å². The minimum Gasteiger partial charge on any atom is -0.466 e. The summed E-state index contributed by atoms with van der Waals surface area (Å²) in [5, 5.41) is 24.4. The molecule has 0 radical (unpaired) electrons. The van der Waals surface area contributed by atoms with Gasteiger partial charge in [0.15, 0.2) is 0 Å². The predicted molar refractivity (Wildman–Crippen MR) is 157 cm³/mol. The number of aryl methyl sites for hydroxylation is 2. The van der Waals surface area contributed by atoms with Gasteiger partial charge in [-0.3, -0.25) is 9.59 Å². The lowest BCUT2D eigenvalue weighted by Gasteiger charge is -2.19. The topological polar surface area (TPSA) is 134 Å². The largest absolute Gasteiger partial charge is 0.488 e. The number of amides is 2. The molecule has 214 valence electrons. The van der Waals surface area contributed by atoms with Gasteiger partial charge in [-0.2, -0.15) is 0 Å². The molecule has 1 atom stereocenters. The smallest absolute Gasteiger partial charge is 0.466 e. The Hall–Kier alpha value is -4.41. The van der Waals surface area contributed by atoms with E-state index in [0.29, 0.717) is 23.1 Å². The summed E-state index contributed by atoms with van der Waals surface area (Å²) in [6, 6.07) is 18.8. The van der Waals surface area contributed by atoms with Crippen molar-refractivity contribution in [2.45, 2.75) is 46.3 Å². The Morgan fingerprint density at radius 2 is 1.66 bits per heavy atom. The van der Waals surface area contributed by atoms with Crippen LogP contribution in [0.2, 0.25) is 0 Å². The van der Waals surface area contributed by atoms with Crippen LogP contribution in [0.25, 0.3) is 0 Å². The number of esters is 1. The first-order valence-electron chi connectivity index (χ1n) is 13.3. The molecule has 0 aliphatic rings. The first kappa shape index (κ1) is 31.1. The maximum Gasteiger partial charge on any atom is 0.488 e. The van der Waals surface area contributed by atoms with Crippen molar-refractivity contribution in [3.8, 4) is 0 Å². The normalized spacial score (nSPS) is 11.5. The first-order chi connectivity index (χ1) is 19.7. The second-order valence-electron chi connectivity index (χ2n) is 9.50. The molecule has 0 heterocycles. The van der Waals surface area contributed by atoms with Crippen molar-refractivity contribution in [2.75, 3.05) is 11.9 Å². The van der Waals surface area contributed by atoms with Crippen LogP contribution in [0.15, 0.2) is 78.9 Å². The molecule has 0 spiro atoms. The summed E-state index contributed by atoms with van der Waals surface area (Å²) in [6.07, 6.45) is 2.85. The van der Waals surface area contributed by atoms with Gasteiger partial charge in [0.2, 0.25) is 5.91 Å². The highest BCUT2D eigenvalue weighted by Gasteiger charge is 2.21. The monoisotopic (exact) mass is 558 g/mol. The fourth-order valence-electron chi connectivity index (χ4n) is 4.34. The van der Waals surface area contributed by atoms with E-state index in [0.717, 1.165) is 22.3 Å². The van der Waals surface area contributed by atoms with Crippen molar-refractivity contribution < 1.29 is 33.9 Å². The second kappa shape index (κ2) is 15.4. The maximum absolute atomic E-state index is 12.6. The van der Waals surface area contributed by atoms with Gasteiger partial charge in [0.1, 0.15) is 6.61 Å². The van der Waals surface area contributed by atoms with E-state index in [1.807, 2.05) is 44.2 Å². The number of alkyl carbamates (subject to hydrolysis) is 1. The zero-order valence-electron chi connectivity index (χ0n) is 23.4. The third-order valence-corrected chi connectivity index (χ3v) is 6.35. The van der Waals surface area contributed by atoms with Crippen LogP contribution < -0.4 is 16.1 Å². The minimum atomic E-state index is -1.54. The highest BCUT2D eigenvalue weighted by molar-refractivity contribution is 6.58. The van der Waals surface area contributed by atoms with Crippen LogP contribution in [0.4, 0.5) is 10.5 Å². The molecule has 3 rings (SSSR count). The van der Waals surface area contributed by atoms with Gasteiger partial charge in [-0.25, -0.2) is 4.79 Å². The molecule has 0 fully saturated rings. The van der Waals surface area contributed by atoms with Gasteiger partial charge >= 0.3 is 19.2 Å². The van der Waals surface area contributed by atoms with Crippen molar-refractivity contribution in [3.05, 3.63) is 107 Å². The molecule has 0 bridgehead atoms. The number of allylic oxidation sites excluding steroid dienone is 1. The molecule has 0 saturated heterocycles. The first-order valence-corrected chi connectivity index (χ1v) is 13.3. The van der Waals surface area contributed by atoms with Gasteiger partial charge in [-0.05, 0) is 78.7 Å². The predicted octanol–water partition coefficient (Wildman–Crippen LogP) is 3.64. The molecule has 3 aromatic carbocycles. The Morgan fingerprint density at radius 1 is 0.951 bits per heavy atom. The van der Waals surface area contributed by atoms with E-state index in [1.54, 1.807) is 49.4 Å². The number of benzene rings is 3. The van der Waals surface area contributed by atoms with Crippen molar-refractivity contribution in [3.63, 3.8) is 0 Å². The van der Waals surface area contributed by atoms with Crippen LogP contribution in [0.5, 0.6) is 0 Å². The molecule has 0 aromatic heterocycles. The lowest BCUT2D eigenvalue weighted by atomic mass is 9.77. The van der Waals surface area contributed by atoms with Crippen LogP contribution in [-0.2, 0) is 32.1 Å². The van der Waals surface area contributed by atoms with E-state index in [-0.39, 0.29) is 25.5 Å². The van der Waals surface area contributed by atoms with Gasteiger partial charge in [0.05, 0.1) is 19.1 Å². The number of hydrogen-bond acceptors (Lipinski definition) is 7. The number of carbonyl (C=O) groups excluding carboxylic acids is 3. The Kier molecular flexibility index (Phi) is 11.7. The summed E-state index contributed by atoms with van der Waals surface area (Å²) >= 11 is 0. The number of nitrogens with one attached hydrogen (secondary N) is 2. The fraction of sp³-hybridized carbons (Fsp3) is 0.258. The Morgan fingerprint density at radius 3 is 2.32 bits per heavy atom. The van der Waals surface area contributed by atoms with Crippen LogP contribution in [-0.4, -0.2) is 41.7 Å². The molecule has 41 heavy (non-hydrogen) atoms. The highest BCUT2D eigenvalue weighted by Crippen LogP contribution is 2.22. The SMILES string of the molecule is CCOC(=O)C[C@@H](NC(=O)OCc1ccccc1)c1cccc(NC(=O)/C=C/Cc2c(C)cc(B(O)O)cc2C)c1. The van der Waals surface area contributed by atoms with E-state index < -0.39 is 25.2 Å². The number of carbonyl (C=O) groups is 3. The van der Waals surface area contributed by atoms with Crippen LogP contribution in [0.3, 0.4) is 0 Å². The van der Waals surface area contributed by atoms with Crippen LogP contribution >= 0.6 is 0 Å². The molecular weight excluding hydrogens is 523 g/mol. The van der Waals surface area contributed by atoms with Crippen molar-refractivity contribution in [1.29, 1.82) is 0 Å². The van der Waals surface area contributed by atoms with E-state index in [2.05, 4.69) is 10.6 Å². The highest BCUT2D eigenvalue weighted by atomic mass is 16.5. The van der Waals surface area contributed by atoms with Crippen LogP contribution in [0.1, 0.15) is 47.2 Å². The van der Waals surface area contributed by atoms with Crippen molar-refractivity contribution in [1.82, 2.24) is 5.32 Å². The number of ether oxygens (including phenoxy) is 2. The average molecular weight is 558 g/mol. The van der Waals surface area contributed by atoms with E-state index >= 15 is 0 Å². The standard InChI is InChI=1S/C31H35BN2O7/c1-4-40-30(36)19-28(34-31(37)41-20-23-10-6-5-7-11-23)24-12-8-13-26(18-24)33-29(35)15-9-14-27-21(2)16-25(32(38)39)17-22(27)3/h5-13,15-18,28,38-39H,4,14,19-20H2,1-3H3,(H,33,35)(H,34,37)/b15-9+/t28-/m1/s1. The lowest BCUT2D eigenvalue weighted by molar-refractivity contribution is -0.143.